The van der Waals surface area contributed by atoms with Crippen LogP contribution in [0.15, 0.2) is 54.6 Å². The highest BCUT2D eigenvalue weighted by Crippen LogP contribution is 2.37. The van der Waals surface area contributed by atoms with Gasteiger partial charge in [-0.3, -0.25) is 9.69 Å². The average molecular weight is 337 g/mol. The van der Waals surface area contributed by atoms with Gasteiger partial charge in [0.25, 0.3) is 0 Å². The Morgan fingerprint density at radius 1 is 1.12 bits per heavy atom. The molecule has 128 valence electrons. The molecule has 1 fully saturated rings. The zero-order chi connectivity index (χ0) is 17.2. The van der Waals surface area contributed by atoms with Crippen LogP contribution in [-0.2, 0) is 27.3 Å². The summed E-state index contributed by atoms with van der Waals surface area (Å²) in [6, 6.07) is 17.2. The number of ether oxygens (including phenoxy) is 2. The van der Waals surface area contributed by atoms with E-state index in [9.17, 15) is 9.59 Å². The SMILES string of the molecule is O=C1CC[C@@H]([C@@H]2Cc3ccccc3N2C(=O)OCc2ccccc2)O1. The number of carbonyl (C=O) groups is 2. The van der Waals surface area contributed by atoms with E-state index in [1.54, 1.807) is 4.90 Å². The monoisotopic (exact) mass is 337 g/mol. The van der Waals surface area contributed by atoms with E-state index in [-0.39, 0.29) is 24.7 Å². The van der Waals surface area contributed by atoms with E-state index in [4.69, 9.17) is 9.47 Å². The fourth-order valence-corrected chi connectivity index (χ4v) is 3.55. The molecule has 0 spiro atoms. The van der Waals surface area contributed by atoms with Crippen LogP contribution in [0.2, 0.25) is 0 Å². The highest BCUT2D eigenvalue weighted by molar-refractivity contribution is 5.91. The highest BCUT2D eigenvalue weighted by Gasteiger charge is 2.43. The standard InChI is InChI=1S/C20H19NO4/c22-19-11-10-18(25-19)17-12-15-8-4-5-9-16(15)21(17)20(23)24-13-14-6-2-1-3-7-14/h1-9,17-18H,10-13H2/t17-,18-/m0/s1. The third-order valence-electron chi connectivity index (χ3n) is 4.76. The third kappa shape index (κ3) is 3.09. The van der Waals surface area contributed by atoms with Gasteiger partial charge in [-0.25, -0.2) is 4.79 Å². The number of hydrogen-bond acceptors (Lipinski definition) is 4. The largest absolute Gasteiger partial charge is 0.460 e. The molecule has 0 aliphatic carbocycles. The molecule has 2 atom stereocenters. The molecule has 1 saturated heterocycles. The fraction of sp³-hybridized carbons (Fsp3) is 0.300. The number of esters is 1. The van der Waals surface area contributed by atoms with Crippen LogP contribution in [0.1, 0.15) is 24.0 Å². The second-order valence-electron chi connectivity index (χ2n) is 6.38. The smallest absolute Gasteiger partial charge is 0.415 e. The molecule has 2 aliphatic heterocycles. The summed E-state index contributed by atoms with van der Waals surface area (Å²) >= 11 is 0. The Labute approximate surface area is 146 Å². The van der Waals surface area contributed by atoms with Gasteiger partial charge in [-0.15, -0.1) is 0 Å². The molecule has 1 amide bonds. The second-order valence-corrected chi connectivity index (χ2v) is 6.38. The van der Waals surface area contributed by atoms with Crippen molar-refractivity contribution in [2.24, 2.45) is 0 Å². The molecule has 0 saturated carbocycles. The van der Waals surface area contributed by atoms with Gasteiger partial charge in [0.05, 0.1) is 11.7 Å². The van der Waals surface area contributed by atoms with E-state index in [1.165, 1.54) is 0 Å². The Balaban J connectivity index is 1.54. The Hall–Kier alpha value is -2.82. The van der Waals surface area contributed by atoms with E-state index < -0.39 is 6.09 Å². The van der Waals surface area contributed by atoms with Crippen molar-refractivity contribution < 1.29 is 19.1 Å². The van der Waals surface area contributed by atoms with Crippen molar-refractivity contribution in [1.29, 1.82) is 0 Å². The minimum absolute atomic E-state index is 0.196. The van der Waals surface area contributed by atoms with E-state index >= 15 is 0 Å². The van der Waals surface area contributed by atoms with E-state index in [0.717, 1.165) is 16.8 Å². The lowest BCUT2D eigenvalue weighted by Gasteiger charge is -2.28. The van der Waals surface area contributed by atoms with E-state index in [0.29, 0.717) is 19.3 Å². The number of cyclic esters (lactones) is 1. The van der Waals surface area contributed by atoms with Crippen molar-refractivity contribution in [3.8, 4) is 0 Å². The van der Waals surface area contributed by atoms with Crippen LogP contribution >= 0.6 is 0 Å². The van der Waals surface area contributed by atoms with Crippen molar-refractivity contribution in [1.82, 2.24) is 0 Å². The predicted octanol–water partition coefficient (Wildman–Crippen LogP) is 3.46. The zero-order valence-electron chi connectivity index (χ0n) is 13.8. The van der Waals surface area contributed by atoms with Gasteiger partial charge in [-0.1, -0.05) is 48.5 Å². The van der Waals surface area contributed by atoms with Crippen molar-refractivity contribution in [2.75, 3.05) is 4.90 Å². The van der Waals surface area contributed by atoms with Crippen LogP contribution in [0.3, 0.4) is 0 Å². The summed E-state index contributed by atoms with van der Waals surface area (Å²) in [5.41, 5.74) is 2.85. The van der Waals surface area contributed by atoms with Crippen LogP contribution in [0.4, 0.5) is 10.5 Å². The van der Waals surface area contributed by atoms with Gasteiger partial charge in [0.2, 0.25) is 0 Å². The van der Waals surface area contributed by atoms with Gasteiger partial charge < -0.3 is 9.47 Å². The molecule has 0 bridgehead atoms. The molecule has 0 N–H and O–H groups in total. The number of rotatable bonds is 3. The van der Waals surface area contributed by atoms with Gasteiger partial charge in [0, 0.05) is 6.42 Å². The van der Waals surface area contributed by atoms with Gasteiger partial charge in [0.1, 0.15) is 12.7 Å². The quantitative estimate of drug-likeness (QED) is 0.805. The normalized spacial score (nSPS) is 21.8. The van der Waals surface area contributed by atoms with Crippen LogP contribution in [0, 0.1) is 0 Å². The van der Waals surface area contributed by atoms with E-state index in [2.05, 4.69) is 0 Å². The van der Waals surface area contributed by atoms with Crippen LogP contribution in [0.25, 0.3) is 0 Å². The second kappa shape index (κ2) is 6.59. The number of amides is 1. The Kier molecular flexibility index (Phi) is 4.14. The number of anilines is 1. The molecular weight excluding hydrogens is 318 g/mol. The summed E-state index contributed by atoms with van der Waals surface area (Å²) in [4.78, 5) is 26.0. The third-order valence-corrected chi connectivity index (χ3v) is 4.76. The Morgan fingerprint density at radius 2 is 1.88 bits per heavy atom. The Bertz CT molecular complexity index is 789. The molecule has 2 aromatic rings. The topological polar surface area (TPSA) is 55.8 Å². The molecular formula is C20H19NO4. The first-order chi connectivity index (χ1) is 12.2. The molecule has 2 aliphatic rings. The molecule has 2 aromatic carbocycles. The predicted molar refractivity (Wildman–Crippen MR) is 92.2 cm³/mol. The molecule has 5 heteroatoms. The van der Waals surface area contributed by atoms with Crippen molar-refractivity contribution >= 4 is 17.7 Å². The zero-order valence-corrected chi connectivity index (χ0v) is 13.8. The van der Waals surface area contributed by atoms with Crippen molar-refractivity contribution in [2.45, 2.75) is 38.0 Å². The first-order valence-corrected chi connectivity index (χ1v) is 8.49. The number of carbonyl (C=O) groups excluding carboxylic acids is 2. The molecule has 4 rings (SSSR count). The molecule has 0 aromatic heterocycles. The molecule has 2 heterocycles. The number of hydrogen-bond donors (Lipinski definition) is 0. The summed E-state index contributed by atoms with van der Waals surface area (Å²) in [7, 11) is 0. The van der Waals surface area contributed by atoms with Crippen molar-refractivity contribution in [3.05, 3.63) is 65.7 Å². The lowest BCUT2D eigenvalue weighted by Crippen LogP contribution is -2.45. The summed E-state index contributed by atoms with van der Waals surface area (Å²) in [6.07, 6.45) is 1.05. The summed E-state index contributed by atoms with van der Waals surface area (Å²) in [5, 5.41) is 0. The maximum atomic E-state index is 12.8. The number of fused-ring (bicyclic) bond motifs is 1. The minimum Gasteiger partial charge on any atom is -0.460 e. The molecule has 0 radical (unpaired) electrons. The van der Waals surface area contributed by atoms with Gasteiger partial charge >= 0.3 is 12.1 Å². The maximum Gasteiger partial charge on any atom is 0.415 e. The van der Waals surface area contributed by atoms with Crippen molar-refractivity contribution in [3.63, 3.8) is 0 Å². The first-order valence-electron chi connectivity index (χ1n) is 8.49. The molecule has 0 unspecified atom stereocenters. The van der Waals surface area contributed by atoms with E-state index in [1.807, 2.05) is 54.6 Å². The lowest BCUT2D eigenvalue weighted by atomic mass is 10.0. The van der Waals surface area contributed by atoms with Gasteiger partial charge in [-0.2, -0.15) is 0 Å². The van der Waals surface area contributed by atoms with Crippen LogP contribution < -0.4 is 4.90 Å². The van der Waals surface area contributed by atoms with Gasteiger partial charge in [0.15, 0.2) is 0 Å². The first kappa shape index (κ1) is 15.7. The highest BCUT2D eigenvalue weighted by atomic mass is 16.6. The molecule has 25 heavy (non-hydrogen) atoms. The Morgan fingerprint density at radius 3 is 2.64 bits per heavy atom. The van der Waals surface area contributed by atoms with Crippen LogP contribution in [0.5, 0.6) is 0 Å². The minimum atomic E-state index is -0.401. The summed E-state index contributed by atoms with van der Waals surface area (Å²) in [5.74, 6) is -0.196. The molecule has 5 nitrogen and oxygen atoms in total. The van der Waals surface area contributed by atoms with Crippen LogP contribution in [-0.4, -0.2) is 24.2 Å². The fourth-order valence-electron chi connectivity index (χ4n) is 3.55. The lowest BCUT2D eigenvalue weighted by molar-refractivity contribution is -0.142. The summed E-state index contributed by atoms with van der Waals surface area (Å²) < 4.78 is 11.0. The average Bonchev–Trinajstić information content (AvgIpc) is 3.24. The summed E-state index contributed by atoms with van der Waals surface area (Å²) in [6.45, 7) is 0.218. The van der Waals surface area contributed by atoms with Gasteiger partial charge in [-0.05, 0) is 30.0 Å². The number of nitrogens with zero attached hydrogens (tertiary/aromatic N) is 1. The maximum absolute atomic E-state index is 12.8. The number of benzene rings is 2. The number of para-hydroxylation sites is 1.